The van der Waals surface area contributed by atoms with E-state index < -0.39 is 23.5 Å². The molecule has 1 saturated heterocycles. The van der Waals surface area contributed by atoms with Gasteiger partial charge >= 0.3 is 0 Å². The Labute approximate surface area is 175 Å². The van der Waals surface area contributed by atoms with Gasteiger partial charge in [-0.15, -0.1) is 0 Å². The molecule has 1 amide bonds. The quantitative estimate of drug-likeness (QED) is 0.413. The van der Waals surface area contributed by atoms with E-state index in [0.717, 1.165) is 6.54 Å². The van der Waals surface area contributed by atoms with Crippen LogP contribution >= 0.6 is 0 Å². The van der Waals surface area contributed by atoms with Crippen molar-refractivity contribution in [1.29, 1.82) is 0 Å². The van der Waals surface area contributed by atoms with Gasteiger partial charge in [0.05, 0.1) is 39.4 Å². The van der Waals surface area contributed by atoms with Crippen molar-refractivity contribution in [2.75, 3.05) is 34.3 Å². The Morgan fingerprint density at radius 1 is 1.17 bits per heavy atom. The van der Waals surface area contributed by atoms with Crippen molar-refractivity contribution in [2.45, 2.75) is 12.5 Å². The lowest BCUT2D eigenvalue weighted by Gasteiger charge is -2.25. The van der Waals surface area contributed by atoms with Crippen LogP contribution in [0.2, 0.25) is 0 Å². The summed E-state index contributed by atoms with van der Waals surface area (Å²) < 4.78 is 19.2. The highest BCUT2D eigenvalue weighted by Gasteiger charge is 2.46. The fourth-order valence-electron chi connectivity index (χ4n) is 3.66. The summed E-state index contributed by atoms with van der Waals surface area (Å²) in [5, 5.41) is 11.0. The van der Waals surface area contributed by atoms with E-state index in [2.05, 4.69) is 0 Å². The third-order valence-corrected chi connectivity index (χ3v) is 5.12. The number of benzene rings is 2. The standard InChI is InChI=1S/C23H25FN2O4/c1-25(2)11-6-12-26-20(15-7-4-9-17(24)13-15)19(22(28)23(26)29)21(27)16-8-5-10-18(14-16)30-3/h4-5,7-10,13-14,20,27H,6,11-12H2,1-3H3/p+1/t20-/m0/s1. The lowest BCUT2D eigenvalue weighted by molar-refractivity contribution is -0.858. The molecule has 1 atom stereocenters. The first-order chi connectivity index (χ1) is 14.3. The molecule has 1 aliphatic heterocycles. The van der Waals surface area contributed by atoms with Gasteiger partial charge < -0.3 is 19.6 Å². The second-order valence-corrected chi connectivity index (χ2v) is 7.59. The molecular formula is C23H26FN2O4+. The molecule has 30 heavy (non-hydrogen) atoms. The van der Waals surface area contributed by atoms with Gasteiger partial charge in [-0.2, -0.15) is 0 Å². The van der Waals surface area contributed by atoms with Crippen LogP contribution in [0, 0.1) is 5.82 Å². The van der Waals surface area contributed by atoms with Crippen molar-refractivity contribution >= 4 is 17.4 Å². The fraction of sp³-hybridized carbons (Fsp3) is 0.304. The second kappa shape index (κ2) is 9.09. The number of hydrogen-bond acceptors (Lipinski definition) is 4. The third-order valence-electron chi connectivity index (χ3n) is 5.12. The van der Waals surface area contributed by atoms with Gasteiger partial charge in [0.2, 0.25) is 0 Å². The van der Waals surface area contributed by atoms with Gasteiger partial charge in [-0.25, -0.2) is 4.39 Å². The number of Topliss-reactive ketones (excluding diaryl/α,β-unsaturated/α-hetero) is 1. The van der Waals surface area contributed by atoms with Gasteiger partial charge in [-0.1, -0.05) is 24.3 Å². The number of aliphatic hydroxyl groups is 1. The maximum absolute atomic E-state index is 14.0. The van der Waals surface area contributed by atoms with Crippen molar-refractivity contribution < 1.29 is 28.7 Å². The highest BCUT2D eigenvalue weighted by Crippen LogP contribution is 2.39. The first-order valence-corrected chi connectivity index (χ1v) is 9.80. The van der Waals surface area contributed by atoms with Crippen LogP contribution in [0.1, 0.15) is 23.6 Å². The Morgan fingerprint density at radius 3 is 2.57 bits per heavy atom. The number of halogens is 1. The lowest BCUT2D eigenvalue weighted by atomic mass is 9.95. The molecule has 0 saturated carbocycles. The van der Waals surface area contributed by atoms with E-state index in [4.69, 9.17) is 4.74 Å². The predicted octanol–water partition coefficient (Wildman–Crippen LogP) is 1.79. The van der Waals surface area contributed by atoms with Crippen LogP contribution in [0.5, 0.6) is 5.75 Å². The van der Waals surface area contributed by atoms with Crippen LogP contribution in [-0.2, 0) is 9.59 Å². The van der Waals surface area contributed by atoms with E-state index in [0.29, 0.717) is 29.8 Å². The minimum Gasteiger partial charge on any atom is -0.507 e. The first kappa shape index (κ1) is 21.5. The zero-order valence-corrected chi connectivity index (χ0v) is 17.3. The maximum atomic E-state index is 14.0. The number of rotatable bonds is 7. The normalized spacial score (nSPS) is 18.3. The summed E-state index contributed by atoms with van der Waals surface area (Å²) in [6.07, 6.45) is 0.667. The summed E-state index contributed by atoms with van der Waals surface area (Å²) in [6.45, 7) is 1.13. The van der Waals surface area contributed by atoms with Crippen LogP contribution < -0.4 is 9.64 Å². The van der Waals surface area contributed by atoms with E-state index in [1.807, 2.05) is 14.1 Å². The molecule has 0 unspecified atom stereocenters. The Balaban J connectivity index is 2.11. The smallest absolute Gasteiger partial charge is 0.295 e. The summed E-state index contributed by atoms with van der Waals surface area (Å²) in [6, 6.07) is 11.5. The van der Waals surface area contributed by atoms with Crippen LogP contribution in [0.25, 0.3) is 5.76 Å². The highest BCUT2D eigenvalue weighted by atomic mass is 19.1. The van der Waals surface area contributed by atoms with Crippen LogP contribution in [0.4, 0.5) is 4.39 Å². The van der Waals surface area contributed by atoms with E-state index in [-0.39, 0.29) is 11.3 Å². The molecule has 2 aromatic carbocycles. The monoisotopic (exact) mass is 413 g/mol. The first-order valence-electron chi connectivity index (χ1n) is 9.80. The number of carbonyl (C=O) groups excluding carboxylic acids is 2. The number of ether oxygens (including phenoxy) is 1. The number of nitrogens with one attached hydrogen (secondary N) is 1. The summed E-state index contributed by atoms with van der Waals surface area (Å²) in [7, 11) is 5.50. The predicted molar refractivity (Wildman–Crippen MR) is 111 cm³/mol. The molecule has 2 N–H and O–H groups in total. The Hall–Kier alpha value is -3.19. The number of aliphatic hydroxyl groups excluding tert-OH is 1. The summed E-state index contributed by atoms with van der Waals surface area (Å²) in [5.41, 5.74) is 0.749. The molecule has 3 rings (SSSR count). The molecule has 0 bridgehead atoms. The Kier molecular flexibility index (Phi) is 6.52. The molecule has 158 valence electrons. The lowest BCUT2D eigenvalue weighted by Crippen LogP contribution is -3.05. The van der Waals surface area contributed by atoms with Crippen LogP contribution in [0.15, 0.2) is 54.1 Å². The topological polar surface area (TPSA) is 71.3 Å². The molecule has 0 spiro atoms. The molecule has 0 radical (unpaired) electrons. The van der Waals surface area contributed by atoms with Gasteiger partial charge in [0.1, 0.15) is 17.3 Å². The van der Waals surface area contributed by atoms with E-state index in [1.165, 1.54) is 35.1 Å². The van der Waals surface area contributed by atoms with Gasteiger partial charge in [-0.05, 0) is 29.8 Å². The maximum Gasteiger partial charge on any atom is 0.295 e. The van der Waals surface area contributed by atoms with Gasteiger partial charge in [0, 0.05) is 18.5 Å². The Bertz CT molecular complexity index is 987. The number of amides is 1. The second-order valence-electron chi connectivity index (χ2n) is 7.59. The highest BCUT2D eigenvalue weighted by molar-refractivity contribution is 6.46. The van der Waals surface area contributed by atoms with Crippen molar-refractivity contribution in [3.8, 4) is 5.75 Å². The number of ketones is 1. The van der Waals surface area contributed by atoms with Crippen LogP contribution in [-0.4, -0.2) is 56.0 Å². The molecule has 1 fully saturated rings. The number of quaternary nitrogens is 1. The van der Waals surface area contributed by atoms with Crippen molar-refractivity contribution in [3.05, 3.63) is 71.0 Å². The number of hydrogen-bond donors (Lipinski definition) is 2. The number of likely N-dealkylation sites (tertiary alicyclic amines) is 1. The Morgan fingerprint density at radius 2 is 1.90 bits per heavy atom. The molecule has 0 aliphatic carbocycles. The number of carbonyl (C=O) groups is 2. The minimum atomic E-state index is -0.857. The fourth-order valence-corrected chi connectivity index (χ4v) is 3.66. The van der Waals surface area contributed by atoms with Crippen molar-refractivity contribution in [3.63, 3.8) is 0 Å². The van der Waals surface area contributed by atoms with Crippen molar-refractivity contribution in [1.82, 2.24) is 4.90 Å². The molecule has 6 nitrogen and oxygen atoms in total. The van der Waals surface area contributed by atoms with Crippen molar-refractivity contribution in [2.24, 2.45) is 0 Å². The summed E-state index contributed by atoms with van der Waals surface area (Å²) in [5.74, 6) is -1.74. The van der Waals surface area contributed by atoms with E-state index >= 15 is 0 Å². The SMILES string of the molecule is COc1cccc(C(O)=C2C(=O)C(=O)N(CCC[NH+](C)C)[C@H]2c2cccc(F)c2)c1. The third kappa shape index (κ3) is 4.36. The molecule has 0 aromatic heterocycles. The largest absolute Gasteiger partial charge is 0.507 e. The average molecular weight is 413 g/mol. The molecule has 1 heterocycles. The zero-order chi connectivity index (χ0) is 21.8. The molecular weight excluding hydrogens is 387 g/mol. The van der Waals surface area contributed by atoms with E-state index in [1.54, 1.807) is 30.3 Å². The summed E-state index contributed by atoms with van der Waals surface area (Å²) in [4.78, 5) is 28.4. The zero-order valence-electron chi connectivity index (χ0n) is 17.3. The summed E-state index contributed by atoms with van der Waals surface area (Å²) >= 11 is 0. The van der Waals surface area contributed by atoms with Gasteiger partial charge in [0.25, 0.3) is 11.7 Å². The average Bonchev–Trinajstić information content (AvgIpc) is 2.98. The molecule has 7 heteroatoms. The van der Waals surface area contributed by atoms with Gasteiger partial charge in [0.15, 0.2) is 0 Å². The minimum absolute atomic E-state index is 0.0453. The number of nitrogens with zero attached hydrogens (tertiary/aromatic N) is 1. The van der Waals surface area contributed by atoms with E-state index in [9.17, 15) is 19.1 Å². The molecule has 1 aliphatic rings. The van der Waals surface area contributed by atoms with Crippen LogP contribution in [0.3, 0.4) is 0 Å². The molecule has 2 aromatic rings. The van der Waals surface area contributed by atoms with Gasteiger partial charge in [-0.3, -0.25) is 9.59 Å². The number of methoxy groups -OCH3 is 1.